The van der Waals surface area contributed by atoms with Gasteiger partial charge in [0, 0.05) is 62.9 Å². The Kier molecular flexibility index (Phi) is 10.4. The first-order valence-electron chi connectivity index (χ1n) is 17.2. The van der Waals surface area contributed by atoms with Crippen LogP contribution in [-0.4, -0.2) is 94.9 Å². The van der Waals surface area contributed by atoms with Crippen LogP contribution in [0.4, 0.5) is 0 Å². The second-order valence-electron chi connectivity index (χ2n) is 13.2. The van der Waals surface area contributed by atoms with E-state index >= 15 is 0 Å². The molecule has 4 N–H and O–H groups in total. The Hall–Kier alpha value is -5.72. The number of likely N-dealkylation sites (N-methyl/N-ethyl adjacent to an activating group) is 1. The molecule has 1 aliphatic carbocycles. The topological polar surface area (TPSA) is 174 Å². The van der Waals surface area contributed by atoms with E-state index in [1.54, 1.807) is 20.0 Å². The van der Waals surface area contributed by atoms with Crippen LogP contribution in [-0.2, 0) is 38.4 Å². The quantitative estimate of drug-likeness (QED) is 0.248. The minimum absolute atomic E-state index is 0.0563. The molecule has 1 fully saturated rings. The van der Waals surface area contributed by atoms with E-state index in [0.29, 0.717) is 18.6 Å². The van der Waals surface area contributed by atoms with Crippen LogP contribution in [0.15, 0.2) is 65.2 Å². The molecule has 2 aliphatic rings. The zero-order valence-corrected chi connectivity index (χ0v) is 28.9. The minimum atomic E-state index is -1.11. The van der Waals surface area contributed by atoms with E-state index in [9.17, 15) is 28.8 Å². The van der Waals surface area contributed by atoms with E-state index in [0.717, 1.165) is 22.0 Å². The number of para-hydroxylation sites is 1. The molecule has 0 unspecified atom stereocenters. The summed E-state index contributed by atoms with van der Waals surface area (Å²) in [6, 6.07) is 13.7. The van der Waals surface area contributed by atoms with E-state index in [1.807, 2.05) is 54.6 Å². The number of benzene rings is 2. The molecule has 13 heteroatoms. The Balaban J connectivity index is 1.34. The lowest BCUT2D eigenvalue weighted by atomic mass is 9.93. The number of aromatic nitrogens is 1. The summed E-state index contributed by atoms with van der Waals surface area (Å²) in [6.07, 6.45) is 3.46. The summed E-state index contributed by atoms with van der Waals surface area (Å²) in [6.45, 7) is 2.54. The van der Waals surface area contributed by atoms with Crippen LogP contribution < -0.4 is 16.0 Å². The van der Waals surface area contributed by atoms with Crippen LogP contribution in [0.1, 0.15) is 63.1 Å². The predicted molar refractivity (Wildman–Crippen MR) is 188 cm³/mol. The number of Topliss-reactive ketones (excluding diaryl/α,β-unsaturated/α-hetero) is 1. The molecule has 3 heterocycles. The van der Waals surface area contributed by atoms with Crippen LogP contribution in [0.3, 0.4) is 0 Å². The predicted octanol–water partition coefficient (Wildman–Crippen LogP) is 2.46. The second kappa shape index (κ2) is 15.0. The van der Waals surface area contributed by atoms with E-state index in [1.165, 1.54) is 16.8 Å². The van der Waals surface area contributed by atoms with Crippen LogP contribution in [0, 0.1) is 6.92 Å². The van der Waals surface area contributed by atoms with Gasteiger partial charge in [-0.3, -0.25) is 28.8 Å². The molecule has 5 amide bonds. The number of aromatic amines is 1. The van der Waals surface area contributed by atoms with Crippen molar-refractivity contribution in [1.29, 1.82) is 0 Å². The summed E-state index contributed by atoms with van der Waals surface area (Å²) in [7, 11) is 1.48. The Morgan fingerprint density at radius 2 is 1.65 bits per heavy atom. The summed E-state index contributed by atoms with van der Waals surface area (Å²) in [5, 5.41) is 9.32. The fraction of sp³-hybridized carbons (Fsp3) is 0.368. The maximum atomic E-state index is 14.2. The number of aryl methyl sites for hydroxylation is 2. The number of amides is 5. The van der Waals surface area contributed by atoms with Crippen molar-refractivity contribution in [2.45, 2.75) is 64.1 Å². The van der Waals surface area contributed by atoms with Crippen LogP contribution in [0.25, 0.3) is 10.9 Å². The number of carbonyl (C=O) groups is 6. The third-order valence-corrected chi connectivity index (χ3v) is 9.72. The lowest BCUT2D eigenvalue weighted by Crippen LogP contribution is -2.57. The van der Waals surface area contributed by atoms with E-state index < -0.39 is 54.2 Å². The number of furan rings is 1. The van der Waals surface area contributed by atoms with Crippen LogP contribution in [0.2, 0.25) is 0 Å². The molecule has 2 aromatic carbocycles. The number of fused-ring (bicyclic) bond motifs is 2. The highest BCUT2D eigenvalue weighted by Crippen LogP contribution is 2.30. The molecule has 0 bridgehead atoms. The van der Waals surface area contributed by atoms with Gasteiger partial charge in [-0.1, -0.05) is 48.5 Å². The van der Waals surface area contributed by atoms with Gasteiger partial charge in [-0.25, -0.2) is 0 Å². The Morgan fingerprint density at radius 3 is 2.43 bits per heavy atom. The minimum Gasteiger partial charge on any atom is -0.465 e. The molecule has 1 saturated heterocycles. The third-order valence-electron chi connectivity index (χ3n) is 9.72. The number of carbonyl (C=O) groups excluding carboxylic acids is 6. The van der Waals surface area contributed by atoms with E-state index in [2.05, 4.69) is 20.9 Å². The number of rotatable bonds is 5. The molecule has 0 saturated carbocycles. The zero-order valence-electron chi connectivity index (χ0n) is 28.9. The van der Waals surface area contributed by atoms with Crippen molar-refractivity contribution in [3.05, 3.63) is 94.6 Å². The smallest absolute Gasteiger partial charge is 0.258 e. The molecule has 51 heavy (non-hydrogen) atoms. The summed E-state index contributed by atoms with van der Waals surface area (Å²) in [4.78, 5) is 88.0. The molecule has 3 atom stereocenters. The number of nitrogens with one attached hydrogen (secondary N) is 4. The fourth-order valence-corrected chi connectivity index (χ4v) is 6.81. The number of hydrogen-bond donors (Lipinski definition) is 4. The average Bonchev–Trinajstić information content (AvgIpc) is 3.69. The first kappa shape index (κ1) is 35.1. The first-order chi connectivity index (χ1) is 24.5. The molecule has 0 spiro atoms. The fourth-order valence-electron chi connectivity index (χ4n) is 6.81. The molecule has 6 rings (SSSR count). The Labute approximate surface area is 295 Å². The number of nitrogens with zero attached hydrogens (tertiary/aromatic N) is 2. The largest absolute Gasteiger partial charge is 0.465 e. The van der Waals surface area contributed by atoms with E-state index in [-0.39, 0.29) is 55.0 Å². The normalized spacial score (nSPS) is 21.0. The van der Waals surface area contributed by atoms with Gasteiger partial charge in [0.2, 0.25) is 23.6 Å². The highest BCUT2D eigenvalue weighted by Gasteiger charge is 2.36. The monoisotopic (exact) mass is 694 g/mol. The van der Waals surface area contributed by atoms with Gasteiger partial charge >= 0.3 is 0 Å². The highest BCUT2D eigenvalue weighted by molar-refractivity contribution is 6.10. The van der Waals surface area contributed by atoms with Crippen molar-refractivity contribution in [3.63, 3.8) is 0 Å². The lowest BCUT2D eigenvalue weighted by molar-refractivity contribution is -0.142. The summed E-state index contributed by atoms with van der Waals surface area (Å²) in [5.74, 6) is -2.28. The molecular formula is C38H42N6O7. The molecule has 266 valence electrons. The molecule has 2 aromatic heterocycles. The molecule has 13 nitrogen and oxygen atoms in total. The van der Waals surface area contributed by atoms with Crippen molar-refractivity contribution in [1.82, 2.24) is 30.7 Å². The number of H-pyrrole nitrogens is 1. The van der Waals surface area contributed by atoms with Gasteiger partial charge in [-0.15, -0.1) is 0 Å². The molecular weight excluding hydrogens is 652 g/mol. The average molecular weight is 695 g/mol. The van der Waals surface area contributed by atoms with Crippen molar-refractivity contribution in [2.75, 3.05) is 26.7 Å². The van der Waals surface area contributed by atoms with Crippen molar-refractivity contribution < 1.29 is 33.2 Å². The van der Waals surface area contributed by atoms with Crippen molar-refractivity contribution in [3.8, 4) is 0 Å². The van der Waals surface area contributed by atoms with Gasteiger partial charge in [-0.2, -0.15) is 0 Å². The molecule has 0 radical (unpaired) electrons. The summed E-state index contributed by atoms with van der Waals surface area (Å²) >= 11 is 0. The highest BCUT2D eigenvalue weighted by atomic mass is 16.3. The summed E-state index contributed by atoms with van der Waals surface area (Å²) < 4.78 is 5.84. The van der Waals surface area contributed by atoms with Crippen molar-refractivity contribution in [2.24, 2.45) is 0 Å². The molecule has 4 aromatic rings. The maximum Gasteiger partial charge on any atom is 0.258 e. The lowest BCUT2D eigenvalue weighted by Gasteiger charge is -2.30. The Bertz CT molecular complexity index is 1980. The van der Waals surface area contributed by atoms with Gasteiger partial charge in [-0.05, 0) is 37.5 Å². The second-order valence-corrected chi connectivity index (χ2v) is 13.2. The number of ketones is 1. The maximum absolute atomic E-state index is 14.2. The summed E-state index contributed by atoms with van der Waals surface area (Å²) in [5.41, 5.74) is 2.77. The van der Waals surface area contributed by atoms with Gasteiger partial charge in [0.05, 0.1) is 17.7 Å². The SMILES string of the molecule is Cc1oc2c(c1C(=O)N1CCNC(=O)[C@H](Cc3ccccc3)NC(=O)[C@H](C)N(C)C(=O)[C@H](Cc3c[nH]c4ccccc34)NC(=O)C1)C(=O)CCC2. The van der Waals surface area contributed by atoms with Gasteiger partial charge < -0.3 is 35.2 Å². The van der Waals surface area contributed by atoms with Gasteiger partial charge in [0.1, 0.15) is 29.6 Å². The van der Waals surface area contributed by atoms with E-state index in [4.69, 9.17) is 4.42 Å². The number of hydrogen-bond acceptors (Lipinski definition) is 7. The molecule has 1 aliphatic heterocycles. The third kappa shape index (κ3) is 7.57. The first-order valence-corrected chi connectivity index (χ1v) is 17.2. The van der Waals surface area contributed by atoms with Gasteiger partial charge in [0.25, 0.3) is 5.91 Å². The van der Waals surface area contributed by atoms with Crippen LogP contribution in [0.5, 0.6) is 0 Å². The van der Waals surface area contributed by atoms with Crippen molar-refractivity contribution >= 4 is 46.2 Å². The Morgan fingerprint density at radius 1 is 0.902 bits per heavy atom. The zero-order chi connectivity index (χ0) is 36.2. The standard InChI is InChI=1S/C38H42N6O7/c1-22-35(47)42-28(18-24-10-5-4-6-11-24)36(48)39-16-17-44(38(50)33-23(2)51-31-15-9-14-30(45)34(31)33)21-32(46)41-29(37(49)43(22)3)19-25-20-40-27-13-8-7-12-26(25)27/h4-8,10-13,20,22,28-29,40H,9,14-19,21H2,1-3H3,(H,39,48)(H,41,46)(H,42,47)/t22-,28-,29-/m0/s1. The van der Waals surface area contributed by atoms with Crippen LogP contribution >= 0.6 is 0 Å². The van der Waals surface area contributed by atoms with Gasteiger partial charge in [0.15, 0.2) is 5.78 Å².